The molecular weight excluding hydrogens is 380 g/mol. The Hall–Kier alpha value is -3.51. The van der Waals surface area contributed by atoms with Crippen LogP contribution in [-0.4, -0.2) is 30.9 Å². The third kappa shape index (κ3) is 3.77. The van der Waals surface area contributed by atoms with E-state index in [-0.39, 0.29) is 11.0 Å². The minimum atomic E-state index is -3.77. The molecule has 9 heteroatoms. The highest BCUT2D eigenvalue weighted by Crippen LogP contribution is 2.31. The van der Waals surface area contributed by atoms with Crippen molar-refractivity contribution >= 4 is 15.7 Å². The molecule has 0 saturated carbocycles. The first kappa shape index (κ1) is 17.9. The van der Waals surface area contributed by atoms with Gasteiger partial charge in [0, 0.05) is 6.20 Å². The average Bonchev–Trinajstić information content (AvgIpc) is 3.14. The van der Waals surface area contributed by atoms with Gasteiger partial charge in [0.05, 0.1) is 35.0 Å². The second kappa shape index (κ2) is 7.25. The quantitative estimate of drug-likeness (QED) is 0.710. The number of nitriles is 1. The van der Waals surface area contributed by atoms with Crippen molar-refractivity contribution < 1.29 is 17.9 Å². The second-order valence-electron chi connectivity index (χ2n) is 6.19. The molecule has 2 heterocycles. The Morgan fingerprint density at radius 2 is 1.93 bits per heavy atom. The first-order valence-corrected chi connectivity index (χ1v) is 9.96. The van der Waals surface area contributed by atoms with Crippen LogP contribution in [0.1, 0.15) is 5.56 Å². The van der Waals surface area contributed by atoms with E-state index in [1.54, 1.807) is 10.9 Å². The topological polar surface area (TPSA) is 106 Å². The van der Waals surface area contributed by atoms with Crippen molar-refractivity contribution in [2.45, 2.75) is 17.5 Å². The van der Waals surface area contributed by atoms with Crippen molar-refractivity contribution in [2.24, 2.45) is 0 Å². The summed E-state index contributed by atoms with van der Waals surface area (Å²) >= 11 is 0. The van der Waals surface area contributed by atoms with Gasteiger partial charge in [0.2, 0.25) is 0 Å². The Kier molecular flexibility index (Phi) is 4.63. The van der Waals surface area contributed by atoms with Crippen molar-refractivity contribution in [1.29, 1.82) is 5.26 Å². The molecule has 0 bridgehead atoms. The molecule has 28 heavy (non-hydrogen) atoms. The zero-order chi connectivity index (χ0) is 19.6. The Labute approximate surface area is 162 Å². The molecule has 1 aliphatic heterocycles. The lowest BCUT2D eigenvalue weighted by Crippen LogP contribution is -2.33. The highest BCUT2D eigenvalue weighted by Gasteiger charge is 2.22. The summed E-state index contributed by atoms with van der Waals surface area (Å²) in [4.78, 5) is 0.0693. The summed E-state index contributed by atoms with van der Waals surface area (Å²) in [5.41, 5.74) is 0.726. The molecule has 8 nitrogen and oxygen atoms in total. The summed E-state index contributed by atoms with van der Waals surface area (Å²) in [6.07, 6.45) is 2.78. The minimum Gasteiger partial charge on any atom is -0.486 e. The number of fused-ring (bicyclic) bond motifs is 1. The second-order valence-corrected chi connectivity index (χ2v) is 7.87. The molecule has 4 rings (SSSR count). The molecule has 1 aliphatic rings. The third-order valence-electron chi connectivity index (χ3n) is 4.14. The molecule has 0 spiro atoms. The van der Waals surface area contributed by atoms with E-state index in [0.29, 0.717) is 35.9 Å². The Morgan fingerprint density at radius 1 is 1.18 bits per heavy atom. The van der Waals surface area contributed by atoms with Gasteiger partial charge >= 0.3 is 0 Å². The molecule has 0 unspecified atom stereocenters. The fourth-order valence-electron chi connectivity index (χ4n) is 2.80. The molecule has 0 radical (unpaired) electrons. The molecule has 2 aromatic carbocycles. The Balaban J connectivity index is 1.42. The van der Waals surface area contributed by atoms with Crippen LogP contribution in [0.2, 0.25) is 0 Å². The first-order chi connectivity index (χ1) is 13.5. The number of ether oxygens (including phenoxy) is 2. The summed E-state index contributed by atoms with van der Waals surface area (Å²) in [7, 11) is -3.77. The zero-order valence-electron chi connectivity index (χ0n) is 14.6. The maximum Gasteiger partial charge on any atom is 0.261 e. The SMILES string of the molecule is N#Cc1ccc(S(=O)(=O)Nc2cnn(C[C@H]3COc4ccccc4O3)c2)cc1. The number of benzene rings is 2. The highest BCUT2D eigenvalue weighted by atomic mass is 32.2. The van der Waals surface area contributed by atoms with Crippen LogP contribution in [0.3, 0.4) is 0 Å². The Morgan fingerprint density at radius 3 is 2.68 bits per heavy atom. The van der Waals surface area contributed by atoms with Crippen LogP contribution >= 0.6 is 0 Å². The number of sulfonamides is 1. The summed E-state index contributed by atoms with van der Waals surface area (Å²) < 4.78 is 40.6. The molecule has 0 aliphatic carbocycles. The Bertz CT molecular complexity index is 1130. The molecule has 142 valence electrons. The number of hydrogen-bond donors (Lipinski definition) is 1. The number of rotatable bonds is 5. The van der Waals surface area contributed by atoms with E-state index in [1.165, 1.54) is 30.5 Å². The van der Waals surface area contributed by atoms with Crippen LogP contribution in [0.5, 0.6) is 11.5 Å². The van der Waals surface area contributed by atoms with Gasteiger partial charge in [0.1, 0.15) is 6.61 Å². The highest BCUT2D eigenvalue weighted by molar-refractivity contribution is 7.92. The average molecular weight is 396 g/mol. The first-order valence-electron chi connectivity index (χ1n) is 8.47. The van der Waals surface area contributed by atoms with Crippen molar-refractivity contribution in [2.75, 3.05) is 11.3 Å². The van der Waals surface area contributed by atoms with Gasteiger partial charge in [-0.25, -0.2) is 8.42 Å². The number of nitrogens with one attached hydrogen (secondary N) is 1. The van der Waals surface area contributed by atoms with Gasteiger partial charge < -0.3 is 9.47 Å². The van der Waals surface area contributed by atoms with Crippen LogP contribution in [0.25, 0.3) is 0 Å². The van der Waals surface area contributed by atoms with Gasteiger partial charge in [0.25, 0.3) is 10.0 Å². The summed E-state index contributed by atoms with van der Waals surface area (Å²) in [5, 5.41) is 13.0. The fraction of sp³-hybridized carbons (Fsp3) is 0.158. The van der Waals surface area contributed by atoms with E-state index in [0.717, 1.165) is 0 Å². The predicted octanol–water partition coefficient (Wildman–Crippen LogP) is 2.40. The van der Waals surface area contributed by atoms with Crippen molar-refractivity contribution in [1.82, 2.24) is 9.78 Å². The van der Waals surface area contributed by atoms with E-state index in [2.05, 4.69) is 9.82 Å². The smallest absolute Gasteiger partial charge is 0.261 e. The van der Waals surface area contributed by atoms with Crippen LogP contribution in [-0.2, 0) is 16.6 Å². The minimum absolute atomic E-state index is 0.0693. The van der Waals surface area contributed by atoms with E-state index in [1.807, 2.05) is 30.3 Å². The van der Waals surface area contributed by atoms with E-state index in [9.17, 15) is 8.42 Å². The third-order valence-corrected chi connectivity index (χ3v) is 5.53. The van der Waals surface area contributed by atoms with Gasteiger partial charge in [-0.05, 0) is 36.4 Å². The lowest BCUT2D eigenvalue weighted by Gasteiger charge is -2.26. The fourth-order valence-corrected chi connectivity index (χ4v) is 3.83. The van der Waals surface area contributed by atoms with Gasteiger partial charge in [0.15, 0.2) is 17.6 Å². The maximum atomic E-state index is 12.5. The molecule has 1 aromatic heterocycles. The van der Waals surface area contributed by atoms with E-state index >= 15 is 0 Å². The summed E-state index contributed by atoms with van der Waals surface area (Å²) in [6, 6.07) is 15.1. The molecule has 0 saturated heterocycles. The zero-order valence-corrected chi connectivity index (χ0v) is 15.5. The standard InChI is InChI=1S/C19H16N4O4S/c20-9-14-5-7-17(8-6-14)28(24,25)22-15-10-21-23(11-15)12-16-13-26-18-3-1-2-4-19(18)27-16/h1-8,10-11,16,22H,12-13H2/t16-/m0/s1. The molecule has 0 amide bonds. The van der Waals surface area contributed by atoms with Gasteiger partial charge in [-0.3, -0.25) is 9.40 Å². The number of anilines is 1. The lowest BCUT2D eigenvalue weighted by molar-refractivity contribution is 0.0759. The molecule has 1 atom stereocenters. The molecular formula is C19H16N4O4S. The van der Waals surface area contributed by atoms with Crippen LogP contribution in [0.15, 0.2) is 65.8 Å². The molecule has 1 N–H and O–H groups in total. The van der Waals surface area contributed by atoms with Crippen molar-refractivity contribution in [3.05, 3.63) is 66.5 Å². The summed E-state index contributed by atoms with van der Waals surface area (Å²) in [6.45, 7) is 0.788. The van der Waals surface area contributed by atoms with E-state index < -0.39 is 10.0 Å². The summed E-state index contributed by atoms with van der Waals surface area (Å²) in [5.74, 6) is 1.38. The van der Waals surface area contributed by atoms with Crippen molar-refractivity contribution in [3.63, 3.8) is 0 Å². The number of hydrogen-bond acceptors (Lipinski definition) is 6. The maximum absolute atomic E-state index is 12.5. The number of para-hydroxylation sites is 2. The van der Waals surface area contributed by atoms with Crippen LogP contribution in [0.4, 0.5) is 5.69 Å². The predicted molar refractivity (Wildman–Crippen MR) is 101 cm³/mol. The van der Waals surface area contributed by atoms with Gasteiger partial charge in [-0.1, -0.05) is 12.1 Å². The molecule has 3 aromatic rings. The van der Waals surface area contributed by atoms with Gasteiger partial charge in [-0.15, -0.1) is 0 Å². The normalized spacial score (nSPS) is 15.6. The van der Waals surface area contributed by atoms with E-state index in [4.69, 9.17) is 14.7 Å². The largest absolute Gasteiger partial charge is 0.486 e. The number of aromatic nitrogens is 2. The van der Waals surface area contributed by atoms with Crippen molar-refractivity contribution in [3.8, 4) is 17.6 Å². The van der Waals surface area contributed by atoms with Gasteiger partial charge in [-0.2, -0.15) is 10.4 Å². The monoisotopic (exact) mass is 396 g/mol. The lowest BCUT2D eigenvalue weighted by atomic mass is 10.2. The molecule has 0 fully saturated rings. The number of nitrogens with zero attached hydrogens (tertiary/aromatic N) is 3. The van der Waals surface area contributed by atoms with Crippen LogP contribution in [0, 0.1) is 11.3 Å². The van der Waals surface area contributed by atoms with Crippen LogP contribution < -0.4 is 14.2 Å².